The predicted octanol–water partition coefficient (Wildman–Crippen LogP) is 2.77. The number of hydrogen-bond acceptors (Lipinski definition) is 8. The molecular weight excluding hydrogens is 466 g/mol. The van der Waals surface area contributed by atoms with Gasteiger partial charge in [-0.15, -0.1) is 11.3 Å². The molecule has 11 heteroatoms. The van der Waals surface area contributed by atoms with Crippen molar-refractivity contribution in [3.8, 4) is 0 Å². The van der Waals surface area contributed by atoms with Gasteiger partial charge in [-0.3, -0.25) is 9.59 Å². The molecule has 0 spiro atoms. The molecule has 4 rings (SSSR count). The number of aryl methyl sites for hydroxylation is 1. The minimum atomic E-state index is -3.27. The van der Waals surface area contributed by atoms with Gasteiger partial charge < -0.3 is 10.1 Å². The zero-order valence-corrected chi connectivity index (χ0v) is 19.8. The van der Waals surface area contributed by atoms with E-state index >= 15 is 0 Å². The Hall–Kier alpha value is -3.05. The van der Waals surface area contributed by atoms with E-state index in [-0.39, 0.29) is 46.4 Å². The summed E-state index contributed by atoms with van der Waals surface area (Å²) in [6.45, 7) is 4.07. The molecule has 3 heterocycles. The lowest BCUT2D eigenvalue weighted by Crippen LogP contribution is -2.27. The van der Waals surface area contributed by atoms with Gasteiger partial charge in [0.1, 0.15) is 5.00 Å². The van der Waals surface area contributed by atoms with E-state index in [1.54, 1.807) is 31.2 Å². The highest BCUT2D eigenvalue weighted by Gasteiger charge is 2.32. The number of fused-ring (bicyclic) bond motifs is 2. The maximum atomic E-state index is 13.3. The Morgan fingerprint density at radius 3 is 2.64 bits per heavy atom. The summed E-state index contributed by atoms with van der Waals surface area (Å²) in [4.78, 5) is 39.2. The number of nitrogens with one attached hydrogen (secondary N) is 1. The first-order valence-electron chi connectivity index (χ1n) is 10.6. The Balaban J connectivity index is 1.80. The van der Waals surface area contributed by atoms with Crippen LogP contribution in [-0.4, -0.2) is 42.4 Å². The van der Waals surface area contributed by atoms with Crippen molar-refractivity contribution in [1.82, 2.24) is 9.78 Å². The third-order valence-electron chi connectivity index (χ3n) is 5.33. The molecule has 1 aromatic carbocycles. The van der Waals surface area contributed by atoms with Gasteiger partial charge in [-0.25, -0.2) is 17.9 Å². The van der Waals surface area contributed by atoms with Crippen molar-refractivity contribution in [2.75, 3.05) is 17.7 Å². The second kappa shape index (κ2) is 9.06. The third-order valence-corrected chi connectivity index (χ3v) is 8.21. The summed E-state index contributed by atoms with van der Waals surface area (Å²) >= 11 is 1.06. The highest BCUT2D eigenvalue weighted by Crippen LogP contribution is 2.38. The summed E-state index contributed by atoms with van der Waals surface area (Å²) in [5, 5.41) is 8.01. The van der Waals surface area contributed by atoms with Crippen LogP contribution in [0.15, 0.2) is 29.1 Å². The van der Waals surface area contributed by atoms with Crippen molar-refractivity contribution in [2.24, 2.45) is 0 Å². The number of anilines is 1. The SMILES string of the molecule is CCCn1nc(C(=O)Nc2sc3c(c2C(=O)OCC)CCS(=O)(=O)C3)c2ccccc2c1=O. The number of rotatable bonds is 6. The molecule has 0 unspecified atom stereocenters. The van der Waals surface area contributed by atoms with Crippen LogP contribution in [0.2, 0.25) is 0 Å². The van der Waals surface area contributed by atoms with Crippen LogP contribution in [0.25, 0.3) is 10.8 Å². The Morgan fingerprint density at radius 1 is 1.21 bits per heavy atom. The average Bonchev–Trinajstić information content (AvgIpc) is 3.11. The Kier molecular flexibility index (Phi) is 6.35. The molecule has 0 atom stereocenters. The Labute approximate surface area is 194 Å². The lowest BCUT2D eigenvalue weighted by atomic mass is 10.1. The van der Waals surface area contributed by atoms with Gasteiger partial charge in [0.15, 0.2) is 15.5 Å². The summed E-state index contributed by atoms with van der Waals surface area (Å²) < 4.78 is 30.7. The normalized spacial score (nSPS) is 14.6. The molecule has 0 fully saturated rings. The van der Waals surface area contributed by atoms with Gasteiger partial charge in [-0.1, -0.05) is 25.1 Å². The molecule has 0 radical (unpaired) electrons. The number of sulfone groups is 1. The second-order valence-electron chi connectivity index (χ2n) is 7.65. The molecule has 1 aliphatic rings. The van der Waals surface area contributed by atoms with Crippen molar-refractivity contribution in [3.05, 3.63) is 56.3 Å². The molecule has 0 saturated carbocycles. The molecule has 2 aromatic heterocycles. The fourth-order valence-electron chi connectivity index (χ4n) is 3.86. The molecule has 1 amide bonds. The number of benzene rings is 1. The van der Waals surface area contributed by atoms with Gasteiger partial charge in [-0.05, 0) is 31.4 Å². The lowest BCUT2D eigenvalue weighted by molar-refractivity contribution is 0.0527. The van der Waals surface area contributed by atoms with Gasteiger partial charge >= 0.3 is 5.97 Å². The molecule has 1 N–H and O–H groups in total. The van der Waals surface area contributed by atoms with Crippen LogP contribution in [0, 0.1) is 0 Å². The third kappa shape index (κ3) is 4.42. The number of amides is 1. The number of hydrogen-bond donors (Lipinski definition) is 1. The number of ether oxygens (including phenoxy) is 1. The summed E-state index contributed by atoms with van der Waals surface area (Å²) in [5.74, 6) is -1.45. The maximum Gasteiger partial charge on any atom is 0.341 e. The second-order valence-corrected chi connectivity index (χ2v) is 10.9. The Morgan fingerprint density at radius 2 is 1.94 bits per heavy atom. The predicted molar refractivity (Wildman–Crippen MR) is 126 cm³/mol. The highest BCUT2D eigenvalue weighted by molar-refractivity contribution is 7.90. The Bertz CT molecular complexity index is 1420. The highest BCUT2D eigenvalue weighted by atomic mass is 32.2. The molecule has 0 saturated heterocycles. The van der Waals surface area contributed by atoms with E-state index in [1.807, 2.05) is 6.92 Å². The molecule has 0 aliphatic carbocycles. The van der Waals surface area contributed by atoms with Gasteiger partial charge in [0, 0.05) is 16.8 Å². The smallest absolute Gasteiger partial charge is 0.341 e. The van der Waals surface area contributed by atoms with Crippen LogP contribution in [-0.2, 0) is 33.3 Å². The zero-order valence-electron chi connectivity index (χ0n) is 18.2. The quantitative estimate of drug-likeness (QED) is 0.528. The number of carbonyl (C=O) groups excluding carboxylic acids is 2. The number of carbonyl (C=O) groups is 2. The number of thiophene rings is 1. The van der Waals surface area contributed by atoms with Gasteiger partial charge in [0.2, 0.25) is 0 Å². The first kappa shape index (κ1) is 23.1. The fraction of sp³-hybridized carbons (Fsp3) is 0.364. The van der Waals surface area contributed by atoms with E-state index in [0.29, 0.717) is 34.2 Å². The van der Waals surface area contributed by atoms with Crippen molar-refractivity contribution >= 4 is 48.8 Å². The maximum absolute atomic E-state index is 13.3. The molecule has 33 heavy (non-hydrogen) atoms. The number of aromatic nitrogens is 2. The van der Waals surface area contributed by atoms with Crippen LogP contribution >= 0.6 is 11.3 Å². The van der Waals surface area contributed by atoms with Gasteiger partial charge in [0.05, 0.1) is 29.1 Å². The van der Waals surface area contributed by atoms with Crippen molar-refractivity contribution in [1.29, 1.82) is 0 Å². The van der Waals surface area contributed by atoms with Crippen molar-refractivity contribution in [2.45, 2.75) is 39.0 Å². The monoisotopic (exact) mass is 489 g/mol. The van der Waals surface area contributed by atoms with Gasteiger partial charge in [-0.2, -0.15) is 5.10 Å². The first-order valence-corrected chi connectivity index (χ1v) is 13.2. The van der Waals surface area contributed by atoms with E-state index in [1.165, 1.54) is 4.68 Å². The molecule has 1 aliphatic heterocycles. The largest absolute Gasteiger partial charge is 0.462 e. The van der Waals surface area contributed by atoms with Crippen LogP contribution in [0.5, 0.6) is 0 Å². The van der Waals surface area contributed by atoms with Crippen LogP contribution in [0.1, 0.15) is 51.6 Å². The fourth-order valence-corrected chi connectivity index (χ4v) is 6.89. The van der Waals surface area contributed by atoms with E-state index in [4.69, 9.17) is 4.74 Å². The van der Waals surface area contributed by atoms with Crippen LogP contribution in [0.3, 0.4) is 0 Å². The van der Waals surface area contributed by atoms with Crippen LogP contribution in [0.4, 0.5) is 5.00 Å². The van der Waals surface area contributed by atoms with Gasteiger partial charge in [0.25, 0.3) is 11.5 Å². The zero-order chi connectivity index (χ0) is 23.8. The standard InChI is InChI=1S/C22H23N3O6S2/c1-3-10-25-21(27)14-8-6-5-7-13(14)18(24-25)19(26)23-20-17(22(28)31-4-2)15-9-11-33(29,30)12-16(15)32-20/h5-8H,3-4,9-12H2,1-2H3,(H,23,26). The summed E-state index contributed by atoms with van der Waals surface area (Å²) in [7, 11) is -3.27. The molecule has 174 valence electrons. The van der Waals surface area contributed by atoms with E-state index < -0.39 is 21.7 Å². The van der Waals surface area contributed by atoms with Crippen molar-refractivity contribution in [3.63, 3.8) is 0 Å². The first-order chi connectivity index (χ1) is 15.8. The molecule has 9 nitrogen and oxygen atoms in total. The van der Waals surface area contributed by atoms with E-state index in [2.05, 4.69) is 10.4 Å². The summed E-state index contributed by atoms with van der Waals surface area (Å²) in [6.07, 6.45) is 0.839. The lowest BCUT2D eigenvalue weighted by Gasteiger charge is -2.13. The summed E-state index contributed by atoms with van der Waals surface area (Å²) in [6, 6.07) is 6.71. The van der Waals surface area contributed by atoms with Crippen LogP contribution < -0.4 is 10.9 Å². The molecule has 3 aromatic rings. The summed E-state index contributed by atoms with van der Waals surface area (Å²) in [5.41, 5.74) is 0.545. The topological polar surface area (TPSA) is 124 Å². The van der Waals surface area contributed by atoms with E-state index in [0.717, 1.165) is 11.3 Å². The minimum absolute atomic E-state index is 0.0486. The van der Waals surface area contributed by atoms with E-state index in [9.17, 15) is 22.8 Å². The minimum Gasteiger partial charge on any atom is -0.462 e. The average molecular weight is 490 g/mol. The van der Waals surface area contributed by atoms with Crippen molar-refractivity contribution < 1.29 is 22.7 Å². The molecule has 0 bridgehead atoms. The number of nitrogens with zero attached hydrogens (tertiary/aromatic N) is 2. The molecular formula is C22H23N3O6S2. The number of esters is 1.